The molecule has 0 saturated heterocycles. The topological polar surface area (TPSA) is 58.1 Å². The van der Waals surface area contributed by atoms with E-state index in [0.29, 0.717) is 18.2 Å². The van der Waals surface area contributed by atoms with Crippen LogP contribution in [0, 0.1) is 5.92 Å². The van der Waals surface area contributed by atoms with Gasteiger partial charge in [-0.3, -0.25) is 4.79 Å². The molecule has 2 heterocycles. The fraction of sp³-hybridized carbons (Fsp3) is 0.353. The number of hydrogen-bond acceptors (Lipinski definition) is 4. The van der Waals surface area contributed by atoms with Gasteiger partial charge in [0.2, 0.25) is 0 Å². The number of aromatic nitrogens is 2. The Labute approximate surface area is 130 Å². The van der Waals surface area contributed by atoms with Gasteiger partial charge in [0.25, 0.3) is 5.91 Å². The molecule has 5 heteroatoms. The molecule has 22 heavy (non-hydrogen) atoms. The zero-order chi connectivity index (χ0) is 15.5. The number of para-hydroxylation sites is 1. The van der Waals surface area contributed by atoms with Crippen molar-refractivity contribution in [3.05, 3.63) is 47.9 Å². The van der Waals surface area contributed by atoms with E-state index >= 15 is 0 Å². The van der Waals surface area contributed by atoms with Gasteiger partial charge < -0.3 is 10.2 Å². The Hall–Kier alpha value is -2.43. The van der Waals surface area contributed by atoms with Gasteiger partial charge in [-0.15, -0.1) is 0 Å². The molecule has 0 atom stereocenters. The van der Waals surface area contributed by atoms with E-state index in [1.54, 1.807) is 6.07 Å². The summed E-state index contributed by atoms with van der Waals surface area (Å²) in [6.45, 7) is 5.65. The summed E-state index contributed by atoms with van der Waals surface area (Å²) in [4.78, 5) is 22.7. The van der Waals surface area contributed by atoms with Crippen LogP contribution >= 0.6 is 0 Å². The van der Waals surface area contributed by atoms with Gasteiger partial charge in [-0.1, -0.05) is 32.0 Å². The van der Waals surface area contributed by atoms with E-state index in [0.717, 1.165) is 24.5 Å². The van der Waals surface area contributed by atoms with Crippen molar-refractivity contribution in [2.24, 2.45) is 5.92 Å². The summed E-state index contributed by atoms with van der Waals surface area (Å²) in [6.07, 6.45) is 2.45. The molecule has 1 amide bonds. The smallest absolute Gasteiger partial charge is 0.270 e. The fourth-order valence-corrected chi connectivity index (χ4v) is 2.58. The number of rotatable bonds is 4. The van der Waals surface area contributed by atoms with E-state index < -0.39 is 0 Å². The molecular formula is C17H20N4O. The molecule has 0 unspecified atom stereocenters. The van der Waals surface area contributed by atoms with Gasteiger partial charge in [-0.2, -0.15) is 0 Å². The molecule has 0 aliphatic carbocycles. The molecule has 1 aliphatic rings. The molecule has 114 valence electrons. The third-order valence-electron chi connectivity index (χ3n) is 3.72. The van der Waals surface area contributed by atoms with Crippen LogP contribution in [0.2, 0.25) is 0 Å². The largest absolute Gasteiger partial charge is 0.350 e. The zero-order valence-corrected chi connectivity index (χ0v) is 12.9. The van der Waals surface area contributed by atoms with Crippen molar-refractivity contribution in [1.82, 2.24) is 15.3 Å². The van der Waals surface area contributed by atoms with Crippen LogP contribution in [0.15, 0.2) is 36.7 Å². The molecule has 0 spiro atoms. The molecule has 1 N–H and O–H groups in total. The van der Waals surface area contributed by atoms with Crippen molar-refractivity contribution in [1.29, 1.82) is 0 Å². The number of nitrogens with one attached hydrogen (secondary N) is 1. The second-order valence-electron chi connectivity index (χ2n) is 5.90. The van der Waals surface area contributed by atoms with Crippen molar-refractivity contribution in [3.8, 4) is 0 Å². The fourth-order valence-electron chi connectivity index (χ4n) is 2.58. The van der Waals surface area contributed by atoms with Crippen LogP contribution in [0.25, 0.3) is 0 Å². The average Bonchev–Trinajstić information content (AvgIpc) is 2.96. The van der Waals surface area contributed by atoms with Gasteiger partial charge >= 0.3 is 0 Å². The summed E-state index contributed by atoms with van der Waals surface area (Å²) in [5, 5.41) is 2.89. The molecule has 1 aliphatic heterocycles. The summed E-state index contributed by atoms with van der Waals surface area (Å²) < 4.78 is 0. The normalized spacial score (nSPS) is 13.3. The Morgan fingerprint density at radius 2 is 2.14 bits per heavy atom. The number of carbonyl (C=O) groups is 1. The maximum absolute atomic E-state index is 12.1. The summed E-state index contributed by atoms with van der Waals surface area (Å²) in [5.74, 6) is 1.04. The number of nitrogens with zero attached hydrogens (tertiary/aromatic N) is 3. The highest BCUT2D eigenvalue weighted by Crippen LogP contribution is 2.32. The average molecular weight is 296 g/mol. The standard InChI is InChI=1S/C17H20N4O/c1-12(2)10-18-17(22)14-9-16(20-11-19-14)21-8-7-13-5-3-4-6-15(13)21/h3-6,9,11-12H,7-8,10H2,1-2H3,(H,18,22). The van der Waals surface area contributed by atoms with Crippen molar-refractivity contribution in [2.45, 2.75) is 20.3 Å². The van der Waals surface area contributed by atoms with Crippen LogP contribution in [-0.4, -0.2) is 29.0 Å². The lowest BCUT2D eigenvalue weighted by atomic mass is 10.2. The zero-order valence-electron chi connectivity index (χ0n) is 12.9. The second-order valence-corrected chi connectivity index (χ2v) is 5.90. The number of fused-ring (bicyclic) bond motifs is 1. The first-order valence-electron chi connectivity index (χ1n) is 7.61. The van der Waals surface area contributed by atoms with Crippen LogP contribution in [-0.2, 0) is 6.42 Å². The van der Waals surface area contributed by atoms with Gasteiger partial charge in [0.15, 0.2) is 0 Å². The van der Waals surface area contributed by atoms with E-state index in [1.165, 1.54) is 11.9 Å². The number of amides is 1. The maximum Gasteiger partial charge on any atom is 0.270 e. The Balaban J connectivity index is 1.82. The predicted molar refractivity (Wildman–Crippen MR) is 86.4 cm³/mol. The van der Waals surface area contributed by atoms with Crippen LogP contribution < -0.4 is 10.2 Å². The molecule has 1 aromatic heterocycles. The van der Waals surface area contributed by atoms with E-state index in [4.69, 9.17) is 0 Å². The summed E-state index contributed by atoms with van der Waals surface area (Å²) >= 11 is 0. The lowest BCUT2D eigenvalue weighted by molar-refractivity contribution is 0.0944. The Morgan fingerprint density at radius 1 is 1.32 bits per heavy atom. The van der Waals surface area contributed by atoms with Crippen molar-refractivity contribution >= 4 is 17.4 Å². The maximum atomic E-state index is 12.1. The molecule has 2 aromatic rings. The first-order valence-corrected chi connectivity index (χ1v) is 7.61. The van der Waals surface area contributed by atoms with Crippen molar-refractivity contribution < 1.29 is 4.79 Å². The third kappa shape index (κ3) is 2.93. The van der Waals surface area contributed by atoms with Gasteiger partial charge in [-0.05, 0) is 24.0 Å². The van der Waals surface area contributed by atoms with Gasteiger partial charge in [-0.25, -0.2) is 9.97 Å². The minimum absolute atomic E-state index is 0.148. The molecule has 1 aromatic carbocycles. The molecule has 3 rings (SSSR count). The summed E-state index contributed by atoms with van der Waals surface area (Å²) in [7, 11) is 0. The highest BCUT2D eigenvalue weighted by molar-refractivity contribution is 5.93. The van der Waals surface area contributed by atoms with Crippen LogP contribution in [0.1, 0.15) is 29.9 Å². The van der Waals surface area contributed by atoms with Gasteiger partial charge in [0.05, 0.1) is 0 Å². The van der Waals surface area contributed by atoms with Crippen LogP contribution in [0.3, 0.4) is 0 Å². The number of hydrogen-bond donors (Lipinski definition) is 1. The van der Waals surface area contributed by atoms with E-state index in [9.17, 15) is 4.79 Å². The molecule has 0 fully saturated rings. The highest BCUT2D eigenvalue weighted by Gasteiger charge is 2.21. The molecule has 0 bridgehead atoms. The minimum atomic E-state index is -0.148. The second kappa shape index (κ2) is 6.13. The molecule has 5 nitrogen and oxygen atoms in total. The van der Waals surface area contributed by atoms with E-state index in [2.05, 4.69) is 46.2 Å². The van der Waals surface area contributed by atoms with Gasteiger partial charge in [0.1, 0.15) is 17.8 Å². The Bertz CT molecular complexity index is 684. The van der Waals surface area contributed by atoms with E-state index in [1.807, 2.05) is 12.1 Å². The number of carbonyl (C=O) groups excluding carboxylic acids is 1. The Morgan fingerprint density at radius 3 is 2.95 bits per heavy atom. The van der Waals surface area contributed by atoms with Gasteiger partial charge in [0, 0.05) is 24.8 Å². The molecular weight excluding hydrogens is 276 g/mol. The third-order valence-corrected chi connectivity index (χ3v) is 3.72. The van der Waals surface area contributed by atoms with Crippen molar-refractivity contribution in [3.63, 3.8) is 0 Å². The van der Waals surface area contributed by atoms with Crippen LogP contribution in [0.4, 0.5) is 11.5 Å². The lowest BCUT2D eigenvalue weighted by Crippen LogP contribution is -2.28. The minimum Gasteiger partial charge on any atom is -0.350 e. The SMILES string of the molecule is CC(C)CNC(=O)c1cc(N2CCc3ccccc32)ncn1. The van der Waals surface area contributed by atoms with Crippen LogP contribution in [0.5, 0.6) is 0 Å². The highest BCUT2D eigenvalue weighted by atomic mass is 16.1. The molecule has 0 radical (unpaired) electrons. The van der Waals surface area contributed by atoms with Crippen molar-refractivity contribution in [2.75, 3.05) is 18.0 Å². The number of anilines is 2. The summed E-state index contributed by atoms with van der Waals surface area (Å²) in [5.41, 5.74) is 2.89. The first-order chi connectivity index (χ1) is 10.6. The quantitative estimate of drug-likeness (QED) is 0.942. The van der Waals surface area contributed by atoms with E-state index in [-0.39, 0.29) is 5.91 Å². The molecule has 0 saturated carbocycles. The first kappa shape index (κ1) is 14.5. The number of benzene rings is 1. The lowest BCUT2D eigenvalue weighted by Gasteiger charge is -2.18. The monoisotopic (exact) mass is 296 g/mol. The predicted octanol–water partition coefficient (Wildman–Crippen LogP) is 2.56. The summed E-state index contributed by atoms with van der Waals surface area (Å²) in [6, 6.07) is 10.1. The Kier molecular flexibility index (Phi) is 4.04.